The smallest absolute Gasteiger partial charge is 0.219 e. The van der Waals surface area contributed by atoms with E-state index < -0.39 is 0 Å². The van der Waals surface area contributed by atoms with Crippen LogP contribution in [0.3, 0.4) is 0 Å². The average molecular weight is 173 g/mol. The number of hydrogen-bond acceptors (Lipinski definition) is 2. The van der Waals surface area contributed by atoms with Crippen LogP contribution < -0.4 is 5.32 Å². The molecule has 0 saturated carbocycles. The molecule has 72 valence electrons. The molecule has 0 aromatic carbocycles. The van der Waals surface area contributed by atoms with Gasteiger partial charge < -0.3 is 10.1 Å². The van der Waals surface area contributed by atoms with E-state index in [1.807, 2.05) is 6.92 Å². The number of amides is 1. The van der Waals surface area contributed by atoms with E-state index in [1.165, 1.54) is 0 Å². The summed E-state index contributed by atoms with van der Waals surface area (Å²) in [5, 5.41) is 2.85. The predicted molar refractivity (Wildman–Crippen MR) is 49.0 cm³/mol. The Hall–Kier alpha value is -0.570. The van der Waals surface area contributed by atoms with Gasteiger partial charge >= 0.3 is 0 Å². The van der Waals surface area contributed by atoms with Crippen LogP contribution in [0.5, 0.6) is 0 Å². The highest BCUT2D eigenvalue weighted by Crippen LogP contribution is 1.89. The van der Waals surface area contributed by atoms with Crippen molar-refractivity contribution < 1.29 is 9.53 Å². The minimum atomic E-state index is 0.162. The largest absolute Gasteiger partial charge is 0.385 e. The number of rotatable bonds is 7. The SMILES string of the molecule is CCCC(=O)NCCCCOC. The van der Waals surface area contributed by atoms with Gasteiger partial charge in [-0.25, -0.2) is 0 Å². The lowest BCUT2D eigenvalue weighted by molar-refractivity contribution is -0.121. The quantitative estimate of drug-likeness (QED) is 0.590. The molecule has 0 spiro atoms. The molecule has 0 radical (unpaired) electrons. The molecule has 0 unspecified atom stereocenters. The Balaban J connectivity index is 3.03. The van der Waals surface area contributed by atoms with E-state index in [9.17, 15) is 4.79 Å². The topological polar surface area (TPSA) is 38.3 Å². The van der Waals surface area contributed by atoms with Gasteiger partial charge in [-0.3, -0.25) is 4.79 Å². The van der Waals surface area contributed by atoms with E-state index in [2.05, 4.69) is 5.32 Å². The summed E-state index contributed by atoms with van der Waals surface area (Å²) >= 11 is 0. The Labute approximate surface area is 74.5 Å². The Kier molecular flexibility index (Phi) is 8.12. The van der Waals surface area contributed by atoms with Crippen LogP contribution in [0.25, 0.3) is 0 Å². The molecule has 0 rings (SSSR count). The van der Waals surface area contributed by atoms with Crippen molar-refractivity contribution >= 4 is 5.91 Å². The zero-order valence-electron chi connectivity index (χ0n) is 8.06. The van der Waals surface area contributed by atoms with Crippen molar-refractivity contribution in [3.05, 3.63) is 0 Å². The van der Waals surface area contributed by atoms with Crippen molar-refractivity contribution in [3.8, 4) is 0 Å². The van der Waals surface area contributed by atoms with E-state index in [4.69, 9.17) is 4.74 Å². The highest BCUT2D eigenvalue weighted by Gasteiger charge is 1.96. The van der Waals surface area contributed by atoms with Gasteiger partial charge in [-0.05, 0) is 19.3 Å². The van der Waals surface area contributed by atoms with Gasteiger partial charge in [-0.15, -0.1) is 0 Å². The first kappa shape index (κ1) is 11.4. The van der Waals surface area contributed by atoms with Crippen LogP contribution in [0.15, 0.2) is 0 Å². The number of hydrogen-bond donors (Lipinski definition) is 1. The van der Waals surface area contributed by atoms with Crippen molar-refractivity contribution in [3.63, 3.8) is 0 Å². The summed E-state index contributed by atoms with van der Waals surface area (Å²) in [6.07, 6.45) is 3.58. The molecule has 0 aliphatic rings. The highest BCUT2D eigenvalue weighted by molar-refractivity contribution is 5.75. The highest BCUT2D eigenvalue weighted by atomic mass is 16.5. The number of unbranched alkanes of at least 4 members (excludes halogenated alkanes) is 1. The molecule has 3 nitrogen and oxygen atoms in total. The van der Waals surface area contributed by atoms with Crippen LogP contribution in [0.2, 0.25) is 0 Å². The minimum absolute atomic E-state index is 0.162. The summed E-state index contributed by atoms with van der Waals surface area (Å²) < 4.78 is 4.88. The first-order chi connectivity index (χ1) is 5.81. The first-order valence-electron chi connectivity index (χ1n) is 4.57. The number of methoxy groups -OCH3 is 1. The fourth-order valence-electron chi connectivity index (χ4n) is 0.915. The molecule has 0 bridgehead atoms. The van der Waals surface area contributed by atoms with Crippen LogP contribution in [0, 0.1) is 0 Å². The lowest BCUT2D eigenvalue weighted by Crippen LogP contribution is -2.23. The van der Waals surface area contributed by atoms with E-state index >= 15 is 0 Å². The van der Waals surface area contributed by atoms with Gasteiger partial charge in [-0.2, -0.15) is 0 Å². The normalized spacial score (nSPS) is 9.83. The Morgan fingerprint density at radius 2 is 2.17 bits per heavy atom. The third-order valence-electron chi connectivity index (χ3n) is 1.57. The molecule has 0 aromatic rings. The number of carbonyl (C=O) groups excluding carboxylic acids is 1. The van der Waals surface area contributed by atoms with Crippen LogP contribution >= 0.6 is 0 Å². The van der Waals surface area contributed by atoms with Gasteiger partial charge in [0.1, 0.15) is 0 Å². The molecule has 0 atom stereocenters. The Morgan fingerprint density at radius 3 is 2.75 bits per heavy atom. The van der Waals surface area contributed by atoms with Gasteiger partial charge in [0, 0.05) is 26.7 Å². The zero-order valence-corrected chi connectivity index (χ0v) is 8.06. The maximum Gasteiger partial charge on any atom is 0.219 e. The molecule has 0 aliphatic heterocycles. The third kappa shape index (κ3) is 7.54. The molecular formula is C9H19NO2. The van der Waals surface area contributed by atoms with Crippen molar-refractivity contribution in [2.45, 2.75) is 32.6 Å². The second-order valence-corrected chi connectivity index (χ2v) is 2.80. The van der Waals surface area contributed by atoms with E-state index in [-0.39, 0.29) is 5.91 Å². The molecule has 0 aromatic heterocycles. The molecule has 0 saturated heterocycles. The molecule has 1 N–H and O–H groups in total. The first-order valence-corrected chi connectivity index (χ1v) is 4.57. The summed E-state index contributed by atoms with van der Waals surface area (Å²) in [7, 11) is 1.69. The van der Waals surface area contributed by atoms with Crippen LogP contribution in [-0.2, 0) is 9.53 Å². The predicted octanol–water partition coefficient (Wildman–Crippen LogP) is 1.33. The lowest BCUT2D eigenvalue weighted by atomic mass is 10.3. The van der Waals surface area contributed by atoms with Gasteiger partial charge in [0.05, 0.1) is 0 Å². The summed E-state index contributed by atoms with van der Waals surface area (Å²) in [5.74, 6) is 0.162. The summed E-state index contributed by atoms with van der Waals surface area (Å²) in [5.41, 5.74) is 0. The molecule has 0 fully saturated rings. The maximum atomic E-state index is 10.9. The standard InChI is InChI=1S/C9H19NO2/c1-3-6-9(11)10-7-4-5-8-12-2/h3-8H2,1-2H3,(H,10,11). The van der Waals surface area contributed by atoms with Crippen molar-refractivity contribution in [1.82, 2.24) is 5.32 Å². The molecular weight excluding hydrogens is 154 g/mol. The fraction of sp³-hybridized carbons (Fsp3) is 0.889. The van der Waals surface area contributed by atoms with E-state index in [0.717, 1.165) is 32.4 Å². The van der Waals surface area contributed by atoms with E-state index in [1.54, 1.807) is 7.11 Å². The molecule has 12 heavy (non-hydrogen) atoms. The maximum absolute atomic E-state index is 10.9. The molecule has 3 heteroatoms. The fourth-order valence-corrected chi connectivity index (χ4v) is 0.915. The minimum Gasteiger partial charge on any atom is -0.385 e. The Morgan fingerprint density at radius 1 is 1.42 bits per heavy atom. The monoisotopic (exact) mass is 173 g/mol. The van der Waals surface area contributed by atoms with Crippen molar-refractivity contribution in [2.75, 3.05) is 20.3 Å². The van der Waals surface area contributed by atoms with Crippen LogP contribution in [0.4, 0.5) is 0 Å². The second-order valence-electron chi connectivity index (χ2n) is 2.80. The lowest BCUT2D eigenvalue weighted by Gasteiger charge is -2.03. The van der Waals surface area contributed by atoms with Crippen molar-refractivity contribution in [1.29, 1.82) is 0 Å². The molecule has 0 aliphatic carbocycles. The summed E-state index contributed by atoms with van der Waals surface area (Å²) in [4.78, 5) is 10.9. The van der Waals surface area contributed by atoms with Crippen LogP contribution in [-0.4, -0.2) is 26.2 Å². The van der Waals surface area contributed by atoms with Gasteiger partial charge in [0.15, 0.2) is 0 Å². The molecule has 1 amide bonds. The summed E-state index contributed by atoms with van der Waals surface area (Å²) in [6.45, 7) is 3.57. The molecule has 0 heterocycles. The number of nitrogens with one attached hydrogen (secondary N) is 1. The van der Waals surface area contributed by atoms with Gasteiger partial charge in [0.2, 0.25) is 5.91 Å². The Bertz CT molecular complexity index is 115. The summed E-state index contributed by atoms with van der Waals surface area (Å²) in [6, 6.07) is 0. The van der Waals surface area contributed by atoms with Crippen molar-refractivity contribution in [2.24, 2.45) is 0 Å². The van der Waals surface area contributed by atoms with Gasteiger partial charge in [-0.1, -0.05) is 6.92 Å². The number of carbonyl (C=O) groups is 1. The third-order valence-corrected chi connectivity index (χ3v) is 1.57. The zero-order chi connectivity index (χ0) is 9.23. The average Bonchev–Trinajstić information content (AvgIpc) is 2.05. The van der Waals surface area contributed by atoms with Gasteiger partial charge in [0.25, 0.3) is 0 Å². The van der Waals surface area contributed by atoms with E-state index in [0.29, 0.717) is 6.42 Å². The second kappa shape index (κ2) is 8.53. The van der Waals surface area contributed by atoms with Crippen LogP contribution in [0.1, 0.15) is 32.6 Å². The number of ether oxygens (including phenoxy) is 1.